The van der Waals surface area contributed by atoms with E-state index in [1.54, 1.807) is 7.11 Å². The zero-order valence-corrected chi connectivity index (χ0v) is 19.6. The minimum Gasteiger partial charge on any atom is -0.383 e. The van der Waals surface area contributed by atoms with Gasteiger partial charge in [-0.25, -0.2) is 0 Å². The van der Waals surface area contributed by atoms with Crippen molar-refractivity contribution in [3.8, 4) is 0 Å². The van der Waals surface area contributed by atoms with Crippen molar-refractivity contribution in [2.24, 2.45) is 4.99 Å². The molecule has 26 heavy (non-hydrogen) atoms. The fraction of sp³-hybridized carbons (Fsp3) is 0.947. The first-order valence-corrected chi connectivity index (χ1v) is 10.1. The summed E-state index contributed by atoms with van der Waals surface area (Å²) < 4.78 is 5.24. The second-order valence-corrected chi connectivity index (χ2v) is 7.77. The summed E-state index contributed by atoms with van der Waals surface area (Å²) in [5, 5.41) is 6.87. The third-order valence-corrected chi connectivity index (χ3v) is 5.62. The Hall–Kier alpha value is -0.120. The van der Waals surface area contributed by atoms with Gasteiger partial charge in [0.15, 0.2) is 5.96 Å². The maximum absolute atomic E-state index is 5.24. The lowest BCUT2D eigenvalue weighted by Crippen LogP contribution is -2.58. The molecule has 2 saturated heterocycles. The quantitative estimate of drug-likeness (QED) is 0.332. The van der Waals surface area contributed by atoms with Crippen molar-refractivity contribution < 1.29 is 4.74 Å². The average Bonchev–Trinajstić information content (AvgIpc) is 2.62. The molecule has 154 valence electrons. The first-order valence-electron chi connectivity index (χ1n) is 10.1. The Labute approximate surface area is 177 Å². The van der Waals surface area contributed by atoms with Gasteiger partial charge in [0.2, 0.25) is 0 Å². The van der Waals surface area contributed by atoms with E-state index in [9.17, 15) is 0 Å². The van der Waals surface area contributed by atoms with E-state index in [-0.39, 0.29) is 35.6 Å². The molecule has 0 spiro atoms. The lowest BCUT2D eigenvalue weighted by molar-refractivity contribution is 0.0208. The van der Waals surface area contributed by atoms with Crippen LogP contribution in [0.1, 0.15) is 46.0 Å². The number of likely N-dealkylation sites (tertiary alicyclic amines) is 2. The summed E-state index contributed by atoms with van der Waals surface area (Å²) in [5.74, 6) is 0.919. The lowest BCUT2D eigenvalue weighted by Gasteiger charge is -2.49. The highest BCUT2D eigenvalue weighted by Crippen LogP contribution is 2.31. The van der Waals surface area contributed by atoms with E-state index in [0.717, 1.165) is 19.0 Å². The third kappa shape index (κ3) is 7.13. The smallest absolute Gasteiger partial charge is 0.191 e. The molecule has 0 saturated carbocycles. The Bertz CT molecular complexity index is 407. The SMILES string of the molecule is CCNC(=NCC1(N2CCCCC2)CCN(C)CC1)NC(C)COC.I. The molecule has 0 aromatic carbocycles. The molecule has 0 aromatic rings. The molecule has 1 unspecified atom stereocenters. The van der Waals surface area contributed by atoms with Crippen LogP contribution in [0.15, 0.2) is 4.99 Å². The van der Waals surface area contributed by atoms with E-state index in [4.69, 9.17) is 9.73 Å². The van der Waals surface area contributed by atoms with Gasteiger partial charge in [-0.2, -0.15) is 0 Å². The first kappa shape index (κ1) is 23.9. The van der Waals surface area contributed by atoms with Crippen LogP contribution in [0.4, 0.5) is 0 Å². The zero-order valence-electron chi connectivity index (χ0n) is 17.2. The van der Waals surface area contributed by atoms with Crippen LogP contribution in [-0.4, -0.2) is 87.4 Å². The van der Waals surface area contributed by atoms with E-state index in [2.05, 4.69) is 41.3 Å². The summed E-state index contributed by atoms with van der Waals surface area (Å²) in [7, 11) is 3.98. The van der Waals surface area contributed by atoms with Crippen molar-refractivity contribution >= 4 is 29.9 Å². The minimum absolute atomic E-state index is 0. The van der Waals surface area contributed by atoms with E-state index >= 15 is 0 Å². The Kier molecular flexibility index (Phi) is 11.4. The summed E-state index contributed by atoms with van der Waals surface area (Å²) in [6.45, 7) is 11.5. The second kappa shape index (κ2) is 12.4. The second-order valence-electron chi connectivity index (χ2n) is 7.77. The van der Waals surface area contributed by atoms with Crippen molar-refractivity contribution in [1.29, 1.82) is 0 Å². The van der Waals surface area contributed by atoms with Crippen LogP contribution < -0.4 is 10.6 Å². The highest BCUT2D eigenvalue weighted by Gasteiger charge is 2.39. The van der Waals surface area contributed by atoms with Gasteiger partial charge in [0.25, 0.3) is 0 Å². The van der Waals surface area contributed by atoms with Gasteiger partial charge in [-0.05, 0) is 72.8 Å². The minimum atomic E-state index is 0. The molecule has 0 bridgehead atoms. The molecule has 0 radical (unpaired) electrons. The maximum atomic E-state index is 5.24. The number of aliphatic imine (C=N–C) groups is 1. The summed E-state index contributed by atoms with van der Waals surface area (Å²) >= 11 is 0. The lowest BCUT2D eigenvalue weighted by atomic mass is 9.84. The normalized spacial score (nSPS) is 23.2. The van der Waals surface area contributed by atoms with Crippen LogP contribution in [0.2, 0.25) is 0 Å². The highest BCUT2D eigenvalue weighted by atomic mass is 127. The number of halogens is 1. The average molecular weight is 481 g/mol. The summed E-state index contributed by atoms with van der Waals surface area (Å²) in [6, 6.07) is 0.256. The molecular weight excluding hydrogens is 441 g/mol. The molecule has 2 N–H and O–H groups in total. The van der Waals surface area contributed by atoms with Gasteiger partial charge >= 0.3 is 0 Å². The molecule has 2 aliphatic heterocycles. The number of nitrogens with one attached hydrogen (secondary N) is 2. The predicted molar refractivity (Wildman–Crippen MR) is 121 cm³/mol. The van der Waals surface area contributed by atoms with Crippen LogP contribution in [0.25, 0.3) is 0 Å². The molecule has 2 rings (SSSR count). The maximum Gasteiger partial charge on any atom is 0.191 e. The van der Waals surface area contributed by atoms with Gasteiger partial charge in [-0.3, -0.25) is 9.89 Å². The molecular formula is C19H40IN5O. The van der Waals surface area contributed by atoms with Crippen LogP contribution in [0.3, 0.4) is 0 Å². The Morgan fingerprint density at radius 3 is 2.38 bits per heavy atom. The van der Waals surface area contributed by atoms with Crippen LogP contribution in [0, 0.1) is 0 Å². The number of hydrogen-bond donors (Lipinski definition) is 2. The first-order chi connectivity index (χ1) is 12.1. The molecule has 0 aliphatic carbocycles. The number of rotatable bonds is 7. The van der Waals surface area contributed by atoms with Crippen molar-refractivity contribution in [2.45, 2.75) is 57.5 Å². The molecule has 7 heteroatoms. The summed E-state index contributed by atoms with van der Waals surface area (Å²) in [5.41, 5.74) is 0.236. The van der Waals surface area contributed by atoms with Gasteiger partial charge in [-0.15, -0.1) is 24.0 Å². The Morgan fingerprint density at radius 1 is 1.15 bits per heavy atom. The number of guanidine groups is 1. The van der Waals surface area contributed by atoms with E-state index in [0.29, 0.717) is 6.61 Å². The van der Waals surface area contributed by atoms with E-state index in [1.165, 1.54) is 58.3 Å². The number of piperidine rings is 2. The van der Waals surface area contributed by atoms with Crippen molar-refractivity contribution in [2.75, 3.05) is 60.0 Å². The number of methoxy groups -OCH3 is 1. The van der Waals surface area contributed by atoms with Gasteiger partial charge in [0.05, 0.1) is 13.2 Å². The highest BCUT2D eigenvalue weighted by molar-refractivity contribution is 14.0. The predicted octanol–water partition coefficient (Wildman–Crippen LogP) is 2.14. The molecule has 2 fully saturated rings. The number of nitrogens with zero attached hydrogens (tertiary/aromatic N) is 3. The van der Waals surface area contributed by atoms with Gasteiger partial charge < -0.3 is 20.3 Å². The van der Waals surface area contributed by atoms with Gasteiger partial charge in [-0.1, -0.05) is 6.42 Å². The fourth-order valence-electron chi connectivity index (χ4n) is 4.05. The molecule has 1 atom stereocenters. The van der Waals surface area contributed by atoms with E-state index < -0.39 is 0 Å². The molecule has 6 nitrogen and oxygen atoms in total. The zero-order chi connectivity index (χ0) is 18.1. The Morgan fingerprint density at radius 2 is 1.81 bits per heavy atom. The molecule has 2 heterocycles. The standard InChI is InChI=1S/C19H39N5O.HI/c1-5-20-18(22-17(2)15-25-4)21-16-19(9-13-23(3)14-10-19)24-11-7-6-8-12-24;/h17H,5-16H2,1-4H3,(H2,20,21,22);1H. The number of hydrogen-bond acceptors (Lipinski definition) is 4. The molecule has 0 amide bonds. The fourth-order valence-corrected chi connectivity index (χ4v) is 4.05. The third-order valence-electron chi connectivity index (χ3n) is 5.62. The molecule has 0 aromatic heterocycles. The van der Waals surface area contributed by atoms with Crippen molar-refractivity contribution in [3.05, 3.63) is 0 Å². The molecule has 2 aliphatic rings. The summed E-state index contributed by atoms with van der Waals surface area (Å²) in [4.78, 5) is 10.2. The van der Waals surface area contributed by atoms with Crippen molar-refractivity contribution in [1.82, 2.24) is 20.4 Å². The Balaban J connectivity index is 0.00000338. The van der Waals surface area contributed by atoms with Crippen LogP contribution in [0.5, 0.6) is 0 Å². The van der Waals surface area contributed by atoms with Gasteiger partial charge in [0.1, 0.15) is 0 Å². The largest absolute Gasteiger partial charge is 0.383 e. The summed E-state index contributed by atoms with van der Waals surface area (Å²) in [6.07, 6.45) is 6.50. The van der Waals surface area contributed by atoms with Crippen LogP contribution >= 0.6 is 24.0 Å². The monoisotopic (exact) mass is 481 g/mol. The van der Waals surface area contributed by atoms with Gasteiger partial charge in [0, 0.05) is 25.2 Å². The van der Waals surface area contributed by atoms with Crippen molar-refractivity contribution in [3.63, 3.8) is 0 Å². The topological polar surface area (TPSA) is 52.1 Å². The van der Waals surface area contributed by atoms with Crippen LogP contribution in [-0.2, 0) is 4.74 Å². The van der Waals surface area contributed by atoms with E-state index in [1.807, 2.05) is 0 Å². The number of ether oxygens (including phenoxy) is 1.